The molecule has 0 aliphatic heterocycles. The fraction of sp³-hybridized carbons (Fsp3) is 0.500. The summed E-state index contributed by atoms with van der Waals surface area (Å²) in [4.78, 5) is 23.6. The van der Waals surface area contributed by atoms with Gasteiger partial charge >= 0.3 is 6.03 Å². The molecule has 0 unspecified atom stereocenters. The maximum atomic E-state index is 11.8. The zero-order valence-electron chi connectivity index (χ0n) is 13.0. The number of carbonyl (C=O) groups excluding carboxylic acids is 2. The van der Waals surface area contributed by atoms with Crippen LogP contribution >= 0.6 is 27.5 Å². The van der Waals surface area contributed by atoms with Crippen molar-refractivity contribution in [3.63, 3.8) is 0 Å². The van der Waals surface area contributed by atoms with Crippen LogP contribution in [0.4, 0.5) is 4.79 Å². The number of hydrogen-bond donors (Lipinski definition) is 2. The van der Waals surface area contributed by atoms with Gasteiger partial charge < -0.3 is 10.1 Å². The van der Waals surface area contributed by atoms with Crippen molar-refractivity contribution in [2.45, 2.75) is 45.1 Å². The third kappa shape index (κ3) is 5.70. The van der Waals surface area contributed by atoms with Gasteiger partial charge in [-0.2, -0.15) is 0 Å². The van der Waals surface area contributed by atoms with Crippen molar-refractivity contribution >= 4 is 39.5 Å². The lowest BCUT2D eigenvalue weighted by molar-refractivity contribution is -0.122. The van der Waals surface area contributed by atoms with Crippen molar-refractivity contribution in [3.05, 3.63) is 27.2 Å². The second-order valence-corrected chi connectivity index (χ2v) is 7.00. The Morgan fingerprint density at radius 3 is 2.65 bits per heavy atom. The van der Waals surface area contributed by atoms with Crippen LogP contribution in [0.1, 0.15) is 37.7 Å². The molecule has 0 radical (unpaired) electrons. The highest BCUT2D eigenvalue weighted by Gasteiger charge is 2.17. The van der Waals surface area contributed by atoms with Crippen LogP contribution in [0, 0.1) is 6.92 Å². The second kappa shape index (κ2) is 8.55. The second-order valence-electron chi connectivity index (χ2n) is 5.68. The number of halogens is 2. The number of amides is 3. The fourth-order valence-corrected chi connectivity index (χ4v) is 3.67. The molecule has 5 nitrogen and oxygen atoms in total. The van der Waals surface area contributed by atoms with E-state index in [9.17, 15) is 9.59 Å². The first-order valence-corrected chi connectivity index (χ1v) is 8.81. The molecule has 1 saturated carbocycles. The molecule has 1 aromatic carbocycles. The van der Waals surface area contributed by atoms with Gasteiger partial charge in [0.1, 0.15) is 5.75 Å². The summed E-state index contributed by atoms with van der Waals surface area (Å²) in [5.41, 5.74) is 0.809. The van der Waals surface area contributed by atoms with Crippen molar-refractivity contribution in [3.8, 4) is 5.75 Å². The molecule has 0 heterocycles. The minimum Gasteiger partial charge on any atom is -0.482 e. The lowest BCUT2D eigenvalue weighted by Gasteiger charge is -2.22. The third-order valence-electron chi connectivity index (χ3n) is 3.74. The van der Waals surface area contributed by atoms with Crippen LogP contribution in [0.3, 0.4) is 0 Å². The molecule has 0 atom stereocenters. The van der Waals surface area contributed by atoms with E-state index >= 15 is 0 Å². The van der Waals surface area contributed by atoms with Gasteiger partial charge in [-0.25, -0.2) is 4.79 Å². The molecular weight excluding hydrogens is 384 g/mol. The van der Waals surface area contributed by atoms with E-state index in [0.29, 0.717) is 10.8 Å². The van der Waals surface area contributed by atoms with E-state index in [4.69, 9.17) is 16.3 Å². The van der Waals surface area contributed by atoms with Gasteiger partial charge in [0.15, 0.2) is 6.61 Å². The first kappa shape index (κ1) is 18.1. The van der Waals surface area contributed by atoms with Crippen molar-refractivity contribution < 1.29 is 14.3 Å². The monoisotopic (exact) mass is 402 g/mol. The van der Waals surface area contributed by atoms with Gasteiger partial charge in [0.25, 0.3) is 5.91 Å². The normalized spacial score (nSPS) is 15.1. The Kier molecular flexibility index (Phi) is 6.72. The number of urea groups is 1. The van der Waals surface area contributed by atoms with E-state index in [1.807, 2.05) is 13.0 Å². The van der Waals surface area contributed by atoms with E-state index in [2.05, 4.69) is 26.6 Å². The van der Waals surface area contributed by atoms with E-state index < -0.39 is 11.9 Å². The summed E-state index contributed by atoms with van der Waals surface area (Å²) < 4.78 is 6.27. The number of hydrogen-bond acceptors (Lipinski definition) is 3. The summed E-state index contributed by atoms with van der Waals surface area (Å²) in [5, 5.41) is 5.51. The third-order valence-corrected chi connectivity index (χ3v) is 4.47. The highest BCUT2D eigenvalue weighted by Crippen LogP contribution is 2.31. The molecular formula is C16H20BrClN2O3. The summed E-state index contributed by atoms with van der Waals surface area (Å²) in [6.07, 6.45) is 5.37. The molecule has 1 aliphatic rings. The van der Waals surface area contributed by atoms with Crippen molar-refractivity contribution in [1.29, 1.82) is 0 Å². The van der Waals surface area contributed by atoms with Crippen LogP contribution in [0.5, 0.6) is 5.75 Å². The molecule has 1 aliphatic carbocycles. The van der Waals surface area contributed by atoms with E-state index in [0.717, 1.165) is 35.7 Å². The molecule has 3 amide bonds. The molecule has 0 aromatic heterocycles. The molecule has 2 rings (SSSR count). The van der Waals surface area contributed by atoms with Crippen LogP contribution in [0.15, 0.2) is 16.6 Å². The van der Waals surface area contributed by atoms with Gasteiger partial charge in [0, 0.05) is 10.5 Å². The summed E-state index contributed by atoms with van der Waals surface area (Å²) in [7, 11) is 0. The predicted octanol–water partition coefficient (Wildman–Crippen LogP) is 3.95. The van der Waals surface area contributed by atoms with Gasteiger partial charge in [-0.3, -0.25) is 10.1 Å². The lowest BCUT2D eigenvalue weighted by Crippen LogP contribution is -2.46. The van der Waals surface area contributed by atoms with E-state index in [-0.39, 0.29) is 12.6 Å². The van der Waals surface area contributed by atoms with Crippen molar-refractivity contribution in [2.75, 3.05) is 6.61 Å². The topological polar surface area (TPSA) is 67.4 Å². The number of ether oxygens (including phenoxy) is 1. The summed E-state index contributed by atoms with van der Waals surface area (Å²) in [6, 6.07) is 3.22. The molecule has 2 N–H and O–H groups in total. The van der Waals surface area contributed by atoms with Crippen LogP contribution in [-0.4, -0.2) is 24.6 Å². The molecule has 0 saturated heterocycles. The summed E-state index contributed by atoms with van der Waals surface area (Å²) >= 11 is 9.42. The Bertz CT molecular complexity index is 566. The minimum atomic E-state index is -0.503. The minimum absolute atomic E-state index is 0.153. The van der Waals surface area contributed by atoms with Crippen LogP contribution in [0.2, 0.25) is 5.02 Å². The maximum Gasteiger partial charge on any atom is 0.321 e. The van der Waals surface area contributed by atoms with Crippen LogP contribution < -0.4 is 15.4 Å². The molecule has 1 fully saturated rings. The molecule has 23 heavy (non-hydrogen) atoms. The zero-order valence-corrected chi connectivity index (χ0v) is 15.3. The highest BCUT2D eigenvalue weighted by atomic mass is 79.9. The van der Waals surface area contributed by atoms with E-state index in [1.165, 1.54) is 6.42 Å². The quantitative estimate of drug-likeness (QED) is 0.800. The number of nitrogens with one attached hydrogen (secondary N) is 2. The SMILES string of the molecule is Cc1cc(Br)cc(Cl)c1OCC(=O)NC(=O)NC1CCCCC1. The fourth-order valence-electron chi connectivity index (χ4n) is 2.64. The lowest BCUT2D eigenvalue weighted by atomic mass is 9.96. The van der Waals surface area contributed by atoms with Gasteiger partial charge in [-0.05, 0) is 37.5 Å². The zero-order chi connectivity index (χ0) is 16.8. The highest BCUT2D eigenvalue weighted by molar-refractivity contribution is 9.10. The Morgan fingerprint density at radius 1 is 1.30 bits per heavy atom. The molecule has 0 spiro atoms. The van der Waals surface area contributed by atoms with Gasteiger partial charge in [0.2, 0.25) is 0 Å². The van der Waals surface area contributed by atoms with Crippen molar-refractivity contribution in [2.24, 2.45) is 0 Å². The molecule has 126 valence electrons. The predicted molar refractivity (Wildman–Crippen MR) is 92.9 cm³/mol. The number of imide groups is 1. The van der Waals surface area contributed by atoms with E-state index in [1.54, 1.807) is 6.07 Å². The van der Waals surface area contributed by atoms with Gasteiger partial charge in [-0.15, -0.1) is 0 Å². The largest absolute Gasteiger partial charge is 0.482 e. The number of aryl methyl sites for hydroxylation is 1. The maximum absolute atomic E-state index is 11.8. The van der Waals surface area contributed by atoms with Gasteiger partial charge in [-0.1, -0.05) is 46.8 Å². The standard InChI is InChI=1S/C16H20BrClN2O3/c1-10-7-11(17)8-13(18)15(10)23-9-14(21)20-16(22)19-12-5-3-2-4-6-12/h7-8,12H,2-6,9H2,1H3,(H2,19,20,21,22). The van der Waals surface area contributed by atoms with Crippen LogP contribution in [0.25, 0.3) is 0 Å². The average Bonchev–Trinajstić information content (AvgIpc) is 2.46. The number of rotatable bonds is 4. The number of benzene rings is 1. The molecule has 7 heteroatoms. The Morgan fingerprint density at radius 2 is 2.00 bits per heavy atom. The molecule has 1 aromatic rings. The molecule has 0 bridgehead atoms. The average molecular weight is 404 g/mol. The Labute approximate surface area is 149 Å². The summed E-state index contributed by atoms with van der Waals surface area (Å²) in [6.45, 7) is 1.57. The first-order chi connectivity index (χ1) is 11.0. The Balaban J connectivity index is 1.79. The van der Waals surface area contributed by atoms with Gasteiger partial charge in [0.05, 0.1) is 5.02 Å². The summed E-state index contributed by atoms with van der Waals surface area (Å²) in [5.74, 6) is -0.0607. The van der Waals surface area contributed by atoms with Crippen LogP contribution in [-0.2, 0) is 4.79 Å². The Hall–Kier alpha value is -1.27. The smallest absolute Gasteiger partial charge is 0.321 e. The van der Waals surface area contributed by atoms with Crippen molar-refractivity contribution in [1.82, 2.24) is 10.6 Å². The number of carbonyl (C=O) groups is 2. The first-order valence-electron chi connectivity index (χ1n) is 7.64.